The van der Waals surface area contributed by atoms with Gasteiger partial charge in [-0.2, -0.15) is 0 Å². The predicted octanol–water partition coefficient (Wildman–Crippen LogP) is 4.62. The van der Waals surface area contributed by atoms with E-state index in [4.69, 9.17) is 16.3 Å². The van der Waals surface area contributed by atoms with Crippen LogP contribution < -0.4 is 4.74 Å². The van der Waals surface area contributed by atoms with Gasteiger partial charge in [-0.15, -0.1) is 0 Å². The molecule has 2 aromatic carbocycles. The highest BCUT2D eigenvalue weighted by atomic mass is 35.5. The SMILES string of the molecule is Cc1cc2ncn(CC3CCN(C(=O)COc4ccc(Cl)cc4)CC3)c2cc1C. The van der Waals surface area contributed by atoms with Gasteiger partial charge in [-0.3, -0.25) is 4.79 Å². The Hall–Kier alpha value is -2.53. The van der Waals surface area contributed by atoms with Crippen LogP contribution in [0.2, 0.25) is 5.02 Å². The number of nitrogens with zero attached hydrogens (tertiary/aromatic N) is 3. The first-order valence-electron chi connectivity index (χ1n) is 10.1. The zero-order valence-corrected chi connectivity index (χ0v) is 17.7. The molecule has 1 aliphatic rings. The molecule has 152 valence electrons. The average Bonchev–Trinajstić information content (AvgIpc) is 3.09. The van der Waals surface area contributed by atoms with E-state index in [1.54, 1.807) is 24.3 Å². The lowest BCUT2D eigenvalue weighted by molar-refractivity contribution is -0.134. The molecule has 0 spiro atoms. The second kappa shape index (κ2) is 8.46. The van der Waals surface area contributed by atoms with Crippen molar-refractivity contribution in [3.8, 4) is 5.75 Å². The van der Waals surface area contributed by atoms with Crippen LogP contribution in [-0.2, 0) is 11.3 Å². The standard InChI is InChI=1S/C23H26ClN3O2/c1-16-11-21-22(12-17(16)2)27(15-25-21)13-18-7-9-26(10-8-18)23(28)14-29-20-5-3-19(24)4-6-20/h3-6,11-12,15,18H,7-10,13-14H2,1-2H3. The van der Waals surface area contributed by atoms with Crippen molar-refractivity contribution in [2.75, 3.05) is 19.7 Å². The number of hydrogen-bond donors (Lipinski definition) is 0. The topological polar surface area (TPSA) is 47.4 Å². The number of carbonyl (C=O) groups is 1. The summed E-state index contributed by atoms with van der Waals surface area (Å²) in [6.45, 7) is 6.83. The molecule has 0 radical (unpaired) electrons. The van der Waals surface area contributed by atoms with Crippen LogP contribution in [0.5, 0.6) is 5.75 Å². The van der Waals surface area contributed by atoms with Crippen molar-refractivity contribution in [2.45, 2.75) is 33.2 Å². The molecule has 1 fully saturated rings. The molecule has 6 heteroatoms. The third-order valence-electron chi connectivity index (χ3n) is 5.83. The van der Waals surface area contributed by atoms with Crippen LogP contribution in [0.15, 0.2) is 42.7 Å². The van der Waals surface area contributed by atoms with Crippen LogP contribution in [-0.4, -0.2) is 40.1 Å². The smallest absolute Gasteiger partial charge is 0.260 e. The maximum atomic E-state index is 12.5. The number of fused-ring (bicyclic) bond motifs is 1. The molecular weight excluding hydrogens is 386 g/mol. The van der Waals surface area contributed by atoms with Crippen molar-refractivity contribution in [1.29, 1.82) is 0 Å². The van der Waals surface area contributed by atoms with Gasteiger partial charge < -0.3 is 14.2 Å². The van der Waals surface area contributed by atoms with E-state index >= 15 is 0 Å². The van der Waals surface area contributed by atoms with Crippen molar-refractivity contribution < 1.29 is 9.53 Å². The molecule has 5 nitrogen and oxygen atoms in total. The molecule has 1 saturated heterocycles. The lowest BCUT2D eigenvalue weighted by Gasteiger charge is -2.32. The number of ether oxygens (including phenoxy) is 1. The third kappa shape index (κ3) is 4.56. The van der Waals surface area contributed by atoms with E-state index in [1.165, 1.54) is 16.6 Å². The van der Waals surface area contributed by atoms with E-state index in [1.807, 2.05) is 11.2 Å². The van der Waals surface area contributed by atoms with Gasteiger partial charge in [-0.25, -0.2) is 4.98 Å². The third-order valence-corrected chi connectivity index (χ3v) is 6.09. The summed E-state index contributed by atoms with van der Waals surface area (Å²) in [4.78, 5) is 18.9. The highest BCUT2D eigenvalue weighted by molar-refractivity contribution is 6.30. The van der Waals surface area contributed by atoms with Gasteiger partial charge in [0.1, 0.15) is 5.75 Å². The van der Waals surface area contributed by atoms with Gasteiger partial charge in [0.05, 0.1) is 17.4 Å². The molecule has 3 aromatic rings. The molecule has 0 N–H and O–H groups in total. The lowest BCUT2D eigenvalue weighted by Crippen LogP contribution is -2.41. The molecule has 2 heterocycles. The number of imidazole rings is 1. The number of aromatic nitrogens is 2. The number of likely N-dealkylation sites (tertiary alicyclic amines) is 1. The quantitative estimate of drug-likeness (QED) is 0.615. The Morgan fingerprint density at radius 2 is 1.83 bits per heavy atom. The number of halogens is 1. The second-order valence-corrected chi connectivity index (χ2v) is 8.33. The molecule has 1 amide bonds. The number of aryl methyl sites for hydroxylation is 2. The summed E-state index contributed by atoms with van der Waals surface area (Å²) in [7, 11) is 0. The number of benzene rings is 2. The highest BCUT2D eigenvalue weighted by Crippen LogP contribution is 2.24. The fraction of sp³-hybridized carbons (Fsp3) is 0.391. The minimum Gasteiger partial charge on any atom is -0.484 e. The van der Waals surface area contributed by atoms with Gasteiger partial charge >= 0.3 is 0 Å². The van der Waals surface area contributed by atoms with Crippen molar-refractivity contribution >= 4 is 28.5 Å². The molecule has 29 heavy (non-hydrogen) atoms. The fourth-order valence-corrected chi connectivity index (χ4v) is 4.00. The molecular formula is C23H26ClN3O2. The number of piperidine rings is 1. The first-order chi connectivity index (χ1) is 14.0. The number of carbonyl (C=O) groups excluding carboxylic acids is 1. The zero-order valence-electron chi connectivity index (χ0n) is 16.9. The normalized spacial score (nSPS) is 15.1. The molecule has 1 aromatic heterocycles. The van der Waals surface area contributed by atoms with Crippen LogP contribution in [0.1, 0.15) is 24.0 Å². The van der Waals surface area contributed by atoms with Crippen molar-refractivity contribution in [3.05, 3.63) is 58.9 Å². The van der Waals surface area contributed by atoms with E-state index in [-0.39, 0.29) is 12.5 Å². The molecule has 0 unspecified atom stereocenters. The monoisotopic (exact) mass is 411 g/mol. The Balaban J connectivity index is 1.29. The lowest BCUT2D eigenvalue weighted by atomic mass is 9.96. The summed E-state index contributed by atoms with van der Waals surface area (Å²) >= 11 is 5.87. The summed E-state index contributed by atoms with van der Waals surface area (Å²) in [6, 6.07) is 11.5. The Morgan fingerprint density at radius 1 is 1.14 bits per heavy atom. The van der Waals surface area contributed by atoms with E-state index in [9.17, 15) is 4.79 Å². The fourth-order valence-electron chi connectivity index (χ4n) is 3.87. The van der Waals surface area contributed by atoms with Crippen LogP contribution in [0.25, 0.3) is 11.0 Å². The summed E-state index contributed by atoms with van der Waals surface area (Å²) < 4.78 is 7.85. The molecule has 0 atom stereocenters. The zero-order chi connectivity index (χ0) is 20.4. The minimum absolute atomic E-state index is 0.0394. The molecule has 0 bridgehead atoms. The van der Waals surface area contributed by atoms with Gasteiger partial charge in [0.15, 0.2) is 6.61 Å². The van der Waals surface area contributed by atoms with Gasteiger partial charge in [-0.1, -0.05) is 11.6 Å². The van der Waals surface area contributed by atoms with E-state index < -0.39 is 0 Å². The summed E-state index contributed by atoms with van der Waals surface area (Å²) in [5.41, 5.74) is 4.82. The molecule has 4 rings (SSSR count). The largest absolute Gasteiger partial charge is 0.484 e. The highest BCUT2D eigenvalue weighted by Gasteiger charge is 2.23. The van der Waals surface area contributed by atoms with Crippen molar-refractivity contribution in [1.82, 2.24) is 14.5 Å². The van der Waals surface area contributed by atoms with E-state index in [2.05, 4.69) is 35.5 Å². The van der Waals surface area contributed by atoms with Gasteiger partial charge in [0.25, 0.3) is 5.91 Å². The van der Waals surface area contributed by atoms with Gasteiger partial charge in [0.2, 0.25) is 0 Å². The van der Waals surface area contributed by atoms with E-state index in [0.717, 1.165) is 38.0 Å². The van der Waals surface area contributed by atoms with Gasteiger partial charge in [0, 0.05) is 24.7 Å². The number of rotatable bonds is 5. The van der Waals surface area contributed by atoms with Crippen molar-refractivity contribution in [3.63, 3.8) is 0 Å². The second-order valence-electron chi connectivity index (χ2n) is 7.89. The minimum atomic E-state index is 0.0394. The van der Waals surface area contributed by atoms with Crippen molar-refractivity contribution in [2.24, 2.45) is 5.92 Å². The summed E-state index contributed by atoms with van der Waals surface area (Å²) in [5, 5.41) is 0.654. The maximum absolute atomic E-state index is 12.5. The van der Waals surface area contributed by atoms with Gasteiger partial charge in [-0.05, 0) is 80.1 Å². The van der Waals surface area contributed by atoms with Crippen LogP contribution in [0.3, 0.4) is 0 Å². The molecule has 0 saturated carbocycles. The Bertz CT molecular complexity index is 1000. The maximum Gasteiger partial charge on any atom is 0.260 e. The first-order valence-corrected chi connectivity index (χ1v) is 10.5. The number of amides is 1. The van der Waals surface area contributed by atoms with Crippen LogP contribution in [0, 0.1) is 19.8 Å². The van der Waals surface area contributed by atoms with E-state index in [0.29, 0.717) is 16.7 Å². The summed E-state index contributed by atoms with van der Waals surface area (Å²) in [6.07, 6.45) is 3.94. The van der Waals surface area contributed by atoms with Crippen LogP contribution in [0.4, 0.5) is 0 Å². The molecule has 1 aliphatic heterocycles. The Kier molecular flexibility index (Phi) is 5.76. The number of hydrogen-bond acceptors (Lipinski definition) is 3. The Labute approximate surface area is 176 Å². The average molecular weight is 412 g/mol. The Morgan fingerprint density at radius 3 is 2.55 bits per heavy atom. The molecule has 0 aliphatic carbocycles. The first kappa shape index (κ1) is 19.8. The van der Waals surface area contributed by atoms with Crippen LogP contribution >= 0.6 is 11.6 Å². The predicted molar refractivity (Wildman–Crippen MR) is 115 cm³/mol. The summed E-state index contributed by atoms with van der Waals surface area (Å²) in [5.74, 6) is 1.25.